The molecule has 0 aliphatic rings. The maximum absolute atomic E-state index is 10.5. The summed E-state index contributed by atoms with van der Waals surface area (Å²) in [5, 5.41) is 8.62. The molecule has 1 N–H and O–H groups in total. The van der Waals surface area contributed by atoms with E-state index in [9.17, 15) is 4.79 Å². The molecule has 0 heterocycles. The minimum atomic E-state index is -0.907. The van der Waals surface area contributed by atoms with Crippen LogP contribution in [0.4, 0.5) is 0 Å². The van der Waals surface area contributed by atoms with Gasteiger partial charge in [0.15, 0.2) is 0 Å². The fraction of sp³-hybridized carbons (Fsp3) is 0.450. The van der Waals surface area contributed by atoms with Gasteiger partial charge in [-0.25, -0.2) is 4.79 Å². The van der Waals surface area contributed by atoms with Crippen molar-refractivity contribution in [3.63, 3.8) is 0 Å². The summed E-state index contributed by atoms with van der Waals surface area (Å²) in [6.07, 6.45) is 16.8. The van der Waals surface area contributed by atoms with E-state index in [0.29, 0.717) is 5.92 Å². The standard InChI is InChI=1S/C20H30O2/c1-16(2)9-6-10-17(3)11-7-12-18(4)13-8-14-19(5)15-20(21)22/h6,8-9,11,13-16H,7,10,12H2,1-5H3,(H,21,22)/b9-6+,14-8+,17-11+,18-13+,19-15+. The lowest BCUT2D eigenvalue weighted by molar-refractivity contribution is -0.131. The van der Waals surface area contributed by atoms with Gasteiger partial charge in [0, 0.05) is 6.08 Å². The highest BCUT2D eigenvalue weighted by Crippen LogP contribution is 2.10. The van der Waals surface area contributed by atoms with Crippen LogP contribution >= 0.6 is 0 Å². The molecule has 0 unspecified atom stereocenters. The number of carbonyl (C=O) groups is 1. The van der Waals surface area contributed by atoms with Crippen molar-refractivity contribution in [2.45, 2.75) is 53.9 Å². The van der Waals surface area contributed by atoms with Crippen LogP contribution in [-0.4, -0.2) is 11.1 Å². The van der Waals surface area contributed by atoms with Crippen LogP contribution in [0.5, 0.6) is 0 Å². The van der Waals surface area contributed by atoms with Crippen molar-refractivity contribution in [1.82, 2.24) is 0 Å². The Bertz CT molecular complexity index is 486. The van der Waals surface area contributed by atoms with Crippen LogP contribution in [0.2, 0.25) is 0 Å². The molecule has 0 rings (SSSR count). The van der Waals surface area contributed by atoms with Crippen molar-refractivity contribution in [1.29, 1.82) is 0 Å². The number of aliphatic carboxylic acids is 1. The molecule has 0 aromatic heterocycles. The molecule has 0 atom stereocenters. The Labute approximate surface area is 135 Å². The van der Waals surface area contributed by atoms with Crippen LogP contribution < -0.4 is 0 Å². The van der Waals surface area contributed by atoms with Gasteiger partial charge in [0.05, 0.1) is 0 Å². The normalized spacial score (nSPS) is 14.5. The summed E-state index contributed by atoms with van der Waals surface area (Å²) >= 11 is 0. The van der Waals surface area contributed by atoms with E-state index in [4.69, 9.17) is 5.11 Å². The van der Waals surface area contributed by atoms with E-state index in [1.807, 2.05) is 18.2 Å². The molecule has 122 valence electrons. The number of hydrogen-bond donors (Lipinski definition) is 1. The predicted octanol–water partition coefficient (Wildman–Crippen LogP) is 5.85. The van der Waals surface area contributed by atoms with E-state index in [1.54, 1.807) is 6.92 Å². The number of hydrogen-bond acceptors (Lipinski definition) is 1. The third-order valence-corrected chi connectivity index (χ3v) is 3.08. The van der Waals surface area contributed by atoms with Gasteiger partial charge in [0.25, 0.3) is 0 Å². The molecule has 0 bridgehead atoms. The first-order chi connectivity index (χ1) is 10.3. The molecule has 22 heavy (non-hydrogen) atoms. The van der Waals surface area contributed by atoms with Crippen LogP contribution in [0, 0.1) is 5.92 Å². The summed E-state index contributed by atoms with van der Waals surface area (Å²) in [4.78, 5) is 10.5. The van der Waals surface area contributed by atoms with Gasteiger partial charge < -0.3 is 5.11 Å². The van der Waals surface area contributed by atoms with Gasteiger partial charge in [0.1, 0.15) is 0 Å². The summed E-state index contributed by atoms with van der Waals surface area (Å²) in [7, 11) is 0. The molecule has 0 aliphatic carbocycles. The topological polar surface area (TPSA) is 37.3 Å². The van der Waals surface area contributed by atoms with Crippen molar-refractivity contribution in [3.05, 3.63) is 59.3 Å². The molecule has 0 aliphatic heterocycles. The molecular formula is C20H30O2. The van der Waals surface area contributed by atoms with Crippen molar-refractivity contribution < 1.29 is 9.90 Å². The van der Waals surface area contributed by atoms with Crippen LogP contribution in [0.3, 0.4) is 0 Å². The average molecular weight is 302 g/mol. The smallest absolute Gasteiger partial charge is 0.328 e. The van der Waals surface area contributed by atoms with Crippen molar-refractivity contribution in [3.8, 4) is 0 Å². The van der Waals surface area contributed by atoms with E-state index in [0.717, 1.165) is 24.8 Å². The van der Waals surface area contributed by atoms with Gasteiger partial charge in [-0.2, -0.15) is 0 Å². The minimum absolute atomic E-state index is 0.614. The van der Waals surface area contributed by atoms with E-state index < -0.39 is 5.97 Å². The Morgan fingerprint density at radius 1 is 1.14 bits per heavy atom. The molecule has 0 radical (unpaired) electrons. The van der Waals surface area contributed by atoms with Crippen LogP contribution in [0.15, 0.2) is 59.3 Å². The molecule has 0 spiro atoms. The summed E-state index contributed by atoms with van der Waals surface area (Å²) in [6, 6.07) is 0. The minimum Gasteiger partial charge on any atom is -0.478 e. The van der Waals surface area contributed by atoms with E-state index in [-0.39, 0.29) is 0 Å². The lowest BCUT2D eigenvalue weighted by atomic mass is 10.1. The zero-order valence-corrected chi connectivity index (χ0v) is 14.6. The molecule has 0 saturated carbocycles. The highest BCUT2D eigenvalue weighted by Gasteiger charge is 1.91. The molecule has 2 heteroatoms. The zero-order valence-electron chi connectivity index (χ0n) is 14.6. The van der Waals surface area contributed by atoms with Gasteiger partial charge >= 0.3 is 5.97 Å². The Morgan fingerprint density at radius 2 is 1.82 bits per heavy atom. The molecular weight excluding hydrogens is 272 g/mol. The molecule has 0 aromatic rings. The third kappa shape index (κ3) is 13.2. The van der Waals surface area contributed by atoms with Crippen molar-refractivity contribution >= 4 is 5.97 Å². The quantitative estimate of drug-likeness (QED) is 0.329. The predicted molar refractivity (Wildman–Crippen MR) is 95.9 cm³/mol. The number of allylic oxidation sites excluding steroid dienone is 9. The lowest BCUT2D eigenvalue weighted by Crippen LogP contribution is -1.87. The average Bonchev–Trinajstić information content (AvgIpc) is 2.37. The van der Waals surface area contributed by atoms with Gasteiger partial charge in [0.2, 0.25) is 0 Å². The van der Waals surface area contributed by atoms with E-state index in [2.05, 4.69) is 45.9 Å². The van der Waals surface area contributed by atoms with Crippen LogP contribution in [0.25, 0.3) is 0 Å². The maximum atomic E-state index is 10.5. The first-order valence-electron chi connectivity index (χ1n) is 7.88. The van der Waals surface area contributed by atoms with Gasteiger partial charge in [-0.05, 0) is 51.5 Å². The second-order valence-electron chi connectivity index (χ2n) is 6.06. The second-order valence-corrected chi connectivity index (χ2v) is 6.06. The second kappa shape index (κ2) is 11.8. The Hall–Kier alpha value is -1.83. The van der Waals surface area contributed by atoms with Crippen molar-refractivity contribution in [2.24, 2.45) is 5.92 Å². The number of carboxylic acid groups (broad SMARTS) is 1. The zero-order chi connectivity index (χ0) is 17.0. The summed E-state index contributed by atoms with van der Waals surface area (Å²) in [6.45, 7) is 10.4. The molecule has 0 amide bonds. The van der Waals surface area contributed by atoms with Crippen LogP contribution in [0.1, 0.15) is 53.9 Å². The van der Waals surface area contributed by atoms with Crippen LogP contribution in [-0.2, 0) is 4.79 Å². The lowest BCUT2D eigenvalue weighted by Gasteiger charge is -1.99. The van der Waals surface area contributed by atoms with Crippen molar-refractivity contribution in [2.75, 3.05) is 0 Å². The molecule has 0 saturated heterocycles. The summed E-state index contributed by atoms with van der Waals surface area (Å²) < 4.78 is 0. The monoisotopic (exact) mass is 302 g/mol. The number of rotatable bonds is 9. The molecule has 0 aromatic carbocycles. The SMILES string of the molecule is CC(/C=C/C=C(\C)CC/C=C(\C)C/C=C/C(C)C)=C\C(=O)O. The highest BCUT2D eigenvalue weighted by atomic mass is 16.4. The van der Waals surface area contributed by atoms with Gasteiger partial charge in [-0.1, -0.05) is 61.4 Å². The van der Waals surface area contributed by atoms with Gasteiger partial charge in [-0.15, -0.1) is 0 Å². The summed E-state index contributed by atoms with van der Waals surface area (Å²) in [5.41, 5.74) is 3.44. The first kappa shape index (κ1) is 20.2. The molecule has 0 fully saturated rings. The largest absolute Gasteiger partial charge is 0.478 e. The van der Waals surface area contributed by atoms with E-state index >= 15 is 0 Å². The Balaban J connectivity index is 4.22. The summed E-state index contributed by atoms with van der Waals surface area (Å²) in [5.74, 6) is -0.293. The highest BCUT2D eigenvalue weighted by molar-refractivity contribution is 5.81. The third-order valence-electron chi connectivity index (χ3n) is 3.08. The van der Waals surface area contributed by atoms with E-state index in [1.165, 1.54) is 17.2 Å². The Kier molecular flexibility index (Phi) is 10.8. The fourth-order valence-corrected chi connectivity index (χ4v) is 1.85. The molecule has 2 nitrogen and oxygen atoms in total. The maximum Gasteiger partial charge on any atom is 0.328 e. The fourth-order valence-electron chi connectivity index (χ4n) is 1.85. The first-order valence-corrected chi connectivity index (χ1v) is 7.88. The number of carboxylic acids is 1. The van der Waals surface area contributed by atoms with Gasteiger partial charge in [-0.3, -0.25) is 0 Å². The Morgan fingerprint density at radius 3 is 2.41 bits per heavy atom.